The largest absolute Gasteiger partial charge is 0.388 e. The van der Waals surface area contributed by atoms with Crippen LogP contribution in [0.1, 0.15) is 49.4 Å². The molecule has 0 saturated heterocycles. The highest BCUT2D eigenvalue weighted by molar-refractivity contribution is 6.00. The van der Waals surface area contributed by atoms with E-state index in [0.29, 0.717) is 30.2 Å². The van der Waals surface area contributed by atoms with Crippen LogP contribution < -0.4 is 16.0 Å². The number of amides is 1. The van der Waals surface area contributed by atoms with Crippen LogP contribution in [0, 0.1) is 0 Å². The third-order valence-corrected chi connectivity index (χ3v) is 7.06. The van der Waals surface area contributed by atoms with Gasteiger partial charge in [-0.3, -0.25) is 4.79 Å². The molecule has 3 atom stereocenters. The number of fused-ring (bicyclic) bond motifs is 1. The quantitative estimate of drug-likeness (QED) is 0.417. The van der Waals surface area contributed by atoms with E-state index in [1.807, 2.05) is 0 Å². The molecule has 10 nitrogen and oxygen atoms in total. The summed E-state index contributed by atoms with van der Waals surface area (Å²) in [5.41, 5.74) is -0.0766. The lowest BCUT2D eigenvalue weighted by Gasteiger charge is -2.45. The van der Waals surface area contributed by atoms with Crippen LogP contribution in [0.2, 0.25) is 0 Å². The van der Waals surface area contributed by atoms with E-state index in [-0.39, 0.29) is 30.1 Å². The van der Waals surface area contributed by atoms with Crippen molar-refractivity contribution in [2.24, 2.45) is 0 Å². The molecule has 5 N–H and O–H groups in total. The molecule has 0 bridgehead atoms. The Labute approximate surface area is 200 Å². The fraction of sp³-hybridized carbons (Fsp3) is 0.522. The molecule has 2 aromatic rings. The van der Waals surface area contributed by atoms with Crippen LogP contribution in [0.5, 0.6) is 0 Å². The highest BCUT2D eigenvalue weighted by Crippen LogP contribution is 2.42. The predicted molar refractivity (Wildman–Crippen MR) is 125 cm³/mol. The second kappa shape index (κ2) is 8.45. The lowest BCUT2D eigenvalue weighted by molar-refractivity contribution is -0.136. The Morgan fingerprint density at radius 1 is 1.31 bits per heavy atom. The number of hydrogen-bond acceptors (Lipinski definition) is 8. The van der Waals surface area contributed by atoms with Crippen LogP contribution in [0.3, 0.4) is 0 Å². The van der Waals surface area contributed by atoms with E-state index in [0.717, 1.165) is 6.42 Å². The fourth-order valence-corrected chi connectivity index (χ4v) is 4.97. The van der Waals surface area contributed by atoms with Crippen molar-refractivity contribution in [3.63, 3.8) is 0 Å². The molecule has 0 radical (unpaired) electrons. The van der Waals surface area contributed by atoms with E-state index in [4.69, 9.17) is 0 Å². The van der Waals surface area contributed by atoms with Crippen LogP contribution in [-0.4, -0.2) is 72.5 Å². The van der Waals surface area contributed by atoms with Crippen LogP contribution >= 0.6 is 0 Å². The number of aliphatic hydroxyl groups excluding tert-OH is 1. The average Bonchev–Trinajstić information content (AvgIpc) is 3.35. The van der Waals surface area contributed by atoms with Gasteiger partial charge < -0.3 is 31.1 Å². The molecule has 0 aromatic carbocycles. The van der Waals surface area contributed by atoms with Gasteiger partial charge in [0.25, 0.3) is 11.8 Å². The standard InChI is InChI=1S/C23H29F2N7O3/c1-22(35)7-3-6-16(22)29-20(33)14-12-27-32-18(26-2)9-17(30-19(14)32)28-15-5-4-8-31(21(15)34)13-10-23(24,25)11-13/h4-5,8-9,12-13,16,21,26,34-35H,3,6-7,10-11H2,1-2H3,(H,28,30)(H,29,33)/t16-,21?,22-/m0/s1. The van der Waals surface area contributed by atoms with Crippen LogP contribution in [0.15, 0.2) is 36.3 Å². The van der Waals surface area contributed by atoms with Crippen LogP contribution in [0.25, 0.3) is 5.65 Å². The van der Waals surface area contributed by atoms with Gasteiger partial charge in [0.15, 0.2) is 11.9 Å². The van der Waals surface area contributed by atoms with Gasteiger partial charge >= 0.3 is 0 Å². The van der Waals surface area contributed by atoms with E-state index in [1.54, 1.807) is 38.4 Å². The maximum absolute atomic E-state index is 13.4. The molecule has 2 aromatic heterocycles. The number of rotatable bonds is 6. The first kappa shape index (κ1) is 23.5. The molecule has 2 aliphatic carbocycles. The number of aliphatic hydroxyl groups is 2. The van der Waals surface area contributed by atoms with Crippen LogP contribution in [-0.2, 0) is 0 Å². The number of carbonyl (C=O) groups is 1. The van der Waals surface area contributed by atoms with E-state index >= 15 is 0 Å². The van der Waals surface area contributed by atoms with Crippen LogP contribution in [0.4, 0.5) is 20.4 Å². The molecule has 5 rings (SSSR count). The summed E-state index contributed by atoms with van der Waals surface area (Å²) in [6.07, 6.45) is 6.70. The molecule has 1 aliphatic heterocycles. The summed E-state index contributed by atoms with van der Waals surface area (Å²) in [7, 11) is 1.70. The number of allylic oxidation sites excluding steroid dienone is 2. The molecule has 35 heavy (non-hydrogen) atoms. The summed E-state index contributed by atoms with van der Waals surface area (Å²) in [5.74, 6) is -2.22. The van der Waals surface area contributed by atoms with Gasteiger partial charge in [-0.15, -0.1) is 0 Å². The van der Waals surface area contributed by atoms with Gasteiger partial charge in [0.1, 0.15) is 17.2 Å². The van der Waals surface area contributed by atoms with Gasteiger partial charge in [0, 0.05) is 38.2 Å². The molecule has 3 heterocycles. The Morgan fingerprint density at radius 3 is 2.74 bits per heavy atom. The lowest BCUT2D eigenvalue weighted by atomic mass is 9.86. The van der Waals surface area contributed by atoms with E-state index in [9.17, 15) is 23.8 Å². The zero-order valence-corrected chi connectivity index (χ0v) is 19.5. The molecule has 2 saturated carbocycles. The topological polar surface area (TPSA) is 127 Å². The van der Waals surface area contributed by atoms with E-state index < -0.39 is 29.7 Å². The maximum Gasteiger partial charge on any atom is 0.257 e. The number of alkyl halides is 2. The highest BCUT2D eigenvalue weighted by atomic mass is 19.3. The number of aromatic nitrogens is 3. The van der Waals surface area contributed by atoms with Crippen molar-refractivity contribution in [1.29, 1.82) is 0 Å². The van der Waals surface area contributed by atoms with Crippen molar-refractivity contribution >= 4 is 23.2 Å². The van der Waals surface area contributed by atoms with Gasteiger partial charge in [0.05, 0.1) is 23.5 Å². The molecule has 188 valence electrons. The summed E-state index contributed by atoms with van der Waals surface area (Å²) in [6.45, 7) is 1.71. The number of anilines is 2. The van der Waals surface area contributed by atoms with Crippen molar-refractivity contribution in [3.05, 3.63) is 41.9 Å². The summed E-state index contributed by atoms with van der Waals surface area (Å²) in [6, 6.07) is 0.842. The average molecular weight is 490 g/mol. The van der Waals surface area contributed by atoms with Gasteiger partial charge in [-0.1, -0.05) is 0 Å². The summed E-state index contributed by atoms with van der Waals surface area (Å²) in [4.78, 5) is 19.1. The molecular formula is C23H29F2N7O3. The number of halogens is 2. The lowest BCUT2D eigenvalue weighted by Crippen LogP contribution is -2.53. The molecule has 0 spiro atoms. The second-order valence-electron chi connectivity index (χ2n) is 9.67. The predicted octanol–water partition coefficient (Wildman–Crippen LogP) is 2.05. The third kappa shape index (κ3) is 4.31. The monoisotopic (exact) mass is 489 g/mol. The SMILES string of the molecule is CNc1cc(NC2=CC=CN(C3CC(F)(F)C3)C2O)nc2c(C(=O)N[C@H]3CCC[C@]3(C)O)cnn12. The molecule has 12 heteroatoms. The van der Waals surface area contributed by atoms with Gasteiger partial charge in [-0.25, -0.2) is 13.8 Å². The smallest absolute Gasteiger partial charge is 0.257 e. The van der Waals surface area contributed by atoms with Gasteiger partial charge in [-0.05, 0) is 38.3 Å². The maximum atomic E-state index is 13.4. The first-order valence-electron chi connectivity index (χ1n) is 11.7. The van der Waals surface area contributed by atoms with Gasteiger partial charge in [-0.2, -0.15) is 9.61 Å². The second-order valence-corrected chi connectivity index (χ2v) is 9.67. The molecular weight excluding hydrogens is 460 g/mol. The minimum atomic E-state index is -2.70. The molecule has 1 amide bonds. The minimum Gasteiger partial charge on any atom is -0.388 e. The first-order chi connectivity index (χ1) is 16.6. The van der Waals surface area contributed by atoms with Crippen molar-refractivity contribution in [2.75, 3.05) is 17.7 Å². The fourth-order valence-electron chi connectivity index (χ4n) is 4.97. The number of hydrogen-bond donors (Lipinski definition) is 5. The molecule has 2 fully saturated rings. The van der Waals surface area contributed by atoms with E-state index in [1.165, 1.54) is 15.6 Å². The zero-order chi connectivity index (χ0) is 25.0. The number of nitrogens with one attached hydrogen (secondary N) is 3. The Morgan fingerprint density at radius 2 is 2.09 bits per heavy atom. The summed E-state index contributed by atoms with van der Waals surface area (Å²) < 4.78 is 28.2. The Kier molecular flexibility index (Phi) is 5.67. The van der Waals surface area contributed by atoms with Crippen molar-refractivity contribution in [1.82, 2.24) is 24.8 Å². The molecule has 3 aliphatic rings. The first-order valence-corrected chi connectivity index (χ1v) is 11.7. The zero-order valence-electron chi connectivity index (χ0n) is 19.5. The van der Waals surface area contributed by atoms with Crippen molar-refractivity contribution < 1.29 is 23.8 Å². The molecule has 1 unspecified atom stereocenters. The van der Waals surface area contributed by atoms with Gasteiger partial charge in [0.2, 0.25) is 0 Å². The summed E-state index contributed by atoms with van der Waals surface area (Å²) in [5, 5.41) is 34.5. The highest BCUT2D eigenvalue weighted by Gasteiger charge is 2.49. The number of carbonyl (C=O) groups excluding carboxylic acids is 1. The Balaban J connectivity index is 1.39. The Hall–Kier alpha value is -3.25. The van der Waals surface area contributed by atoms with Crippen molar-refractivity contribution in [2.45, 2.75) is 68.9 Å². The third-order valence-electron chi connectivity index (χ3n) is 7.06. The number of nitrogens with zero attached hydrogens (tertiary/aromatic N) is 4. The normalized spacial score (nSPS) is 28.1. The Bertz CT molecular complexity index is 1200. The minimum absolute atomic E-state index is 0.240. The summed E-state index contributed by atoms with van der Waals surface area (Å²) >= 11 is 0. The van der Waals surface area contributed by atoms with Crippen molar-refractivity contribution in [3.8, 4) is 0 Å². The van der Waals surface area contributed by atoms with E-state index in [2.05, 4.69) is 26.0 Å².